The molecule has 0 amide bonds. The van der Waals surface area contributed by atoms with Gasteiger partial charge in [0.1, 0.15) is 11.8 Å². The van der Waals surface area contributed by atoms with Crippen molar-refractivity contribution < 1.29 is 4.42 Å². The fraction of sp³-hybridized carbons (Fsp3) is 0.0714. The number of rotatable bonds is 3. The number of hydrazine groups is 1. The molecule has 2 aromatic heterocycles. The molecule has 0 fully saturated rings. The molecule has 0 bridgehead atoms. The number of nitrogens with one attached hydrogen (secondary N) is 1. The Bertz CT molecular complexity index is 696. The number of hydrogen-bond acceptors (Lipinski definition) is 4. The first-order valence-corrected chi connectivity index (χ1v) is 6.22. The zero-order valence-corrected chi connectivity index (χ0v) is 10.8. The van der Waals surface area contributed by atoms with E-state index in [1.54, 1.807) is 12.3 Å². The lowest BCUT2D eigenvalue weighted by molar-refractivity contribution is 0.471. The summed E-state index contributed by atoms with van der Waals surface area (Å²) in [5, 5.41) is 1.53. The average Bonchev–Trinajstić information content (AvgIpc) is 2.86. The molecule has 0 spiro atoms. The smallest absolute Gasteiger partial charge is 0.152 e. The van der Waals surface area contributed by atoms with Gasteiger partial charge in [-0.25, -0.2) is 5.43 Å². The van der Waals surface area contributed by atoms with E-state index in [2.05, 4.69) is 10.4 Å². The highest BCUT2D eigenvalue weighted by atomic mass is 35.5. The third kappa shape index (κ3) is 2.21. The lowest BCUT2D eigenvalue weighted by Crippen LogP contribution is -2.29. The van der Waals surface area contributed by atoms with Crippen molar-refractivity contribution in [3.05, 3.63) is 65.1 Å². The van der Waals surface area contributed by atoms with Crippen molar-refractivity contribution >= 4 is 22.6 Å². The molecule has 0 aliphatic rings. The summed E-state index contributed by atoms with van der Waals surface area (Å²) in [6.45, 7) is 0. The van der Waals surface area contributed by atoms with E-state index >= 15 is 0 Å². The minimum absolute atomic E-state index is 0.301. The van der Waals surface area contributed by atoms with E-state index < -0.39 is 0 Å². The second-order valence-electron chi connectivity index (χ2n) is 4.16. The molecule has 4 nitrogen and oxygen atoms in total. The summed E-state index contributed by atoms with van der Waals surface area (Å²) in [7, 11) is 0. The fourth-order valence-corrected chi connectivity index (χ4v) is 2.27. The van der Waals surface area contributed by atoms with Crippen LogP contribution >= 0.6 is 11.6 Å². The fourth-order valence-electron chi connectivity index (χ4n) is 2.05. The van der Waals surface area contributed by atoms with Gasteiger partial charge in [-0.2, -0.15) is 0 Å². The molecule has 0 aliphatic heterocycles. The van der Waals surface area contributed by atoms with Crippen LogP contribution in [0.15, 0.2) is 53.1 Å². The van der Waals surface area contributed by atoms with E-state index in [1.807, 2.05) is 36.4 Å². The Labute approximate surface area is 115 Å². The van der Waals surface area contributed by atoms with Crippen LogP contribution in [0.4, 0.5) is 0 Å². The predicted octanol–water partition coefficient (Wildman–Crippen LogP) is 3.03. The summed E-state index contributed by atoms with van der Waals surface area (Å²) in [5.74, 6) is 6.30. The molecule has 0 saturated heterocycles. The van der Waals surface area contributed by atoms with Crippen LogP contribution in [0, 0.1) is 0 Å². The van der Waals surface area contributed by atoms with E-state index in [0.717, 1.165) is 11.1 Å². The number of para-hydroxylation sites is 1. The van der Waals surface area contributed by atoms with Crippen molar-refractivity contribution in [3.63, 3.8) is 0 Å². The van der Waals surface area contributed by atoms with Crippen LogP contribution in [0.5, 0.6) is 0 Å². The Morgan fingerprint density at radius 1 is 1.21 bits per heavy atom. The van der Waals surface area contributed by atoms with Gasteiger partial charge in [-0.05, 0) is 24.3 Å². The molecule has 5 heteroatoms. The minimum atomic E-state index is -0.301. The van der Waals surface area contributed by atoms with Crippen LogP contribution in [0.3, 0.4) is 0 Å². The molecule has 0 saturated carbocycles. The van der Waals surface area contributed by atoms with Crippen LogP contribution in [-0.4, -0.2) is 4.98 Å². The number of nitrogens with zero attached hydrogens (tertiary/aromatic N) is 1. The van der Waals surface area contributed by atoms with E-state index in [-0.39, 0.29) is 6.04 Å². The molecule has 19 heavy (non-hydrogen) atoms. The van der Waals surface area contributed by atoms with Gasteiger partial charge in [-0.3, -0.25) is 10.8 Å². The zero-order chi connectivity index (χ0) is 13.2. The van der Waals surface area contributed by atoms with Gasteiger partial charge < -0.3 is 4.42 Å². The average molecular weight is 274 g/mol. The van der Waals surface area contributed by atoms with E-state index in [4.69, 9.17) is 21.9 Å². The van der Waals surface area contributed by atoms with Crippen molar-refractivity contribution in [3.8, 4) is 0 Å². The van der Waals surface area contributed by atoms with Gasteiger partial charge in [-0.15, -0.1) is 0 Å². The molecular weight excluding hydrogens is 262 g/mol. The third-order valence-electron chi connectivity index (χ3n) is 2.95. The van der Waals surface area contributed by atoms with E-state index in [9.17, 15) is 0 Å². The molecule has 0 radical (unpaired) electrons. The van der Waals surface area contributed by atoms with Crippen molar-refractivity contribution in [1.82, 2.24) is 10.4 Å². The molecule has 3 N–H and O–H groups in total. The molecule has 1 atom stereocenters. The summed E-state index contributed by atoms with van der Waals surface area (Å²) in [5.41, 5.74) is 4.17. The summed E-state index contributed by atoms with van der Waals surface area (Å²) < 4.78 is 5.79. The summed E-state index contributed by atoms with van der Waals surface area (Å²) in [6.07, 6.45) is 1.72. The first-order valence-electron chi connectivity index (χ1n) is 5.84. The lowest BCUT2D eigenvalue weighted by atomic mass is 10.1. The Kier molecular flexibility index (Phi) is 3.21. The van der Waals surface area contributed by atoms with Crippen molar-refractivity contribution in [2.24, 2.45) is 5.84 Å². The van der Waals surface area contributed by atoms with Gasteiger partial charge in [0.15, 0.2) is 5.58 Å². The van der Waals surface area contributed by atoms with Gasteiger partial charge in [0.05, 0.1) is 10.7 Å². The molecule has 3 aromatic rings. The Hall–Kier alpha value is -1.88. The monoisotopic (exact) mass is 273 g/mol. The van der Waals surface area contributed by atoms with E-state index in [1.165, 1.54) is 0 Å². The third-order valence-corrected chi connectivity index (χ3v) is 3.25. The first kappa shape index (κ1) is 12.2. The van der Waals surface area contributed by atoms with Crippen LogP contribution in [0.25, 0.3) is 11.0 Å². The van der Waals surface area contributed by atoms with Gasteiger partial charge in [-0.1, -0.05) is 29.8 Å². The topological polar surface area (TPSA) is 64.1 Å². The van der Waals surface area contributed by atoms with Crippen LogP contribution in [0.1, 0.15) is 17.5 Å². The highest BCUT2D eigenvalue weighted by Gasteiger charge is 2.18. The van der Waals surface area contributed by atoms with Gasteiger partial charge in [0.25, 0.3) is 0 Å². The van der Waals surface area contributed by atoms with Crippen molar-refractivity contribution in [2.45, 2.75) is 6.04 Å². The van der Waals surface area contributed by atoms with Gasteiger partial charge in [0.2, 0.25) is 0 Å². The minimum Gasteiger partial charge on any atom is -0.457 e. The second-order valence-corrected chi connectivity index (χ2v) is 4.57. The second kappa shape index (κ2) is 5.01. The molecule has 3 rings (SSSR count). The summed E-state index contributed by atoms with van der Waals surface area (Å²) in [6, 6.07) is 12.9. The normalized spacial score (nSPS) is 12.7. The highest BCUT2D eigenvalue weighted by molar-refractivity contribution is 6.34. The molecule has 0 aliphatic carbocycles. The standard InChI is InChI=1S/C14H12ClN3O/c15-10-5-3-4-9-8-12(19-14(9)10)13(18-16)11-6-1-2-7-17-11/h1-8,13,18H,16H2. The Morgan fingerprint density at radius 2 is 2.11 bits per heavy atom. The largest absolute Gasteiger partial charge is 0.457 e. The van der Waals surface area contributed by atoms with Crippen LogP contribution < -0.4 is 11.3 Å². The summed E-state index contributed by atoms with van der Waals surface area (Å²) in [4.78, 5) is 4.28. The number of furan rings is 1. The number of pyridine rings is 1. The Balaban J connectivity index is 2.09. The maximum Gasteiger partial charge on any atom is 0.152 e. The Morgan fingerprint density at radius 3 is 2.79 bits per heavy atom. The highest BCUT2D eigenvalue weighted by Crippen LogP contribution is 2.30. The molecule has 1 aromatic carbocycles. The maximum atomic E-state index is 6.10. The maximum absolute atomic E-state index is 6.10. The molecule has 96 valence electrons. The SMILES string of the molecule is NNC(c1ccccn1)c1cc2cccc(Cl)c2o1. The molecule has 2 heterocycles. The molecular formula is C14H12ClN3O. The molecule has 1 unspecified atom stereocenters. The zero-order valence-electron chi connectivity index (χ0n) is 10.0. The van der Waals surface area contributed by atoms with Crippen molar-refractivity contribution in [1.29, 1.82) is 0 Å². The van der Waals surface area contributed by atoms with Crippen molar-refractivity contribution in [2.75, 3.05) is 0 Å². The van der Waals surface area contributed by atoms with Gasteiger partial charge in [0, 0.05) is 11.6 Å². The number of nitrogens with two attached hydrogens (primary N) is 1. The van der Waals surface area contributed by atoms with Crippen LogP contribution in [-0.2, 0) is 0 Å². The first-order chi connectivity index (χ1) is 9.29. The number of aromatic nitrogens is 1. The summed E-state index contributed by atoms with van der Waals surface area (Å²) >= 11 is 6.10. The number of fused-ring (bicyclic) bond motifs is 1. The van der Waals surface area contributed by atoms with Crippen LogP contribution in [0.2, 0.25) is 5.02 Å². The number of halogens is 1. The quantitative estimate of drug-likeness (QED) is 0.569. The lowest BCUT2D eigenvalue weighted by Gasteiger charge is -2.11. The number of hydrogen-bond donors (Lipinski definition) is 2. The number of benzene rings is 1. The van der Waals surface area contributed by atoms with Gasteiger partial charge >= 0.3 is 0 Å². The predicted molar refractivity (Wildman–Crippen MR) is 74.6 cm³/mol. The van der Waals surface area contributed by atoms with E-state index in [0.29, 0.717) is 16.4 Å².